The fourth-order valence-corrected chi connectivity index (χ4v) is 5.68. The summed E-state index contributed by atoms with van der Waals surface area (Å²) in [5.74, 6) is 13.3. The minimum Gasteiger partial charge on any atom is -0.432 e. The average Bonchev–Trinajstić information content (AvgIpc) is 3.34. The summed E-state index contributed by atoms with van der Waals surface area (Å²) in [6.07, 6.45) is 0. The highest BCUT2D eigenvalue weighted by atomic mass is 32.1. The second-order valence-corrected chi connectivity index (χ2v) is 10.9. The Kier molecular flexibility index (Phi) is 8.31. The Bertz CT molecular complexity index is 1740. The molecular formula is C40H30O3S. The molecule has 1 fully saturated rings. The van der Waals surface area contributed by atoms with Crippen molar-refractivity contribution in [3.8, 4) is 23.7 Å². The second-order valence-electron chi connectivity index (χ2n) is 10.6. The van der Waals surface area contributed by atoms with Crippen LogP contribution >= 0.6 is 12.2 Å². The topological polar surface area (TPSA) is 27.7 Å². The number of rotatable bonds is 6. The minimum atomic E-state index is -1.37. The van der Waals surface area contributed by atoms with Gasteiger partial charge in [-0.25, -0.2) is 0 Å². The van der Waals surface area contributed by atoms with E-state index in [4.69, 9.17) is 26.4 Å². The summed E-state index contributed by atoms with van der Waals surface area (Å²) in [6, 6.07) is 50.1. The van der Waals surface area contributed by atoms with Crippen molar-refractivity contribution in [2.75, 3.05) is 6.61 Å². The van der Waals surface area contributed by atoms with Crippen LogP contribution in [0.5, 0.6) is 0 Å². The lowest BCUT2D eigenvalue weighted by Gasteiger charge is -2.39. The van der Waals surface area contributed by atoms with Crippen LogP contribution < -0.4 is 0 Å². The molecule has 1 aliphatic rings. The molecule has 0 spiro atoms. The molecule has 0 amide bonds. The molecule has 0 aromatic heterocycles. The summed E-state index contributed by atoms with van der Waals surface area (Å²) in [7, 11) is 0. The number of ether oxygens (including phenoxy) is 3. The van der Waals surface area contributed by atoms with E-state index >= 15 is 0 Å². The number of hydrogen-bond donors (Lipinski definition) is 0. The number of thiocarbonyl (C=S) groups is 1. The first-order valence-corrected chi connectivity index (χ1v) is 14.8. The normalized spacial score (nSPS) is 19.0. The predicted octanol–water partition coefficient (Wildman–Crippen LogP) is 7.93. The van der Waals surface area contributed by atoms with Gasteiger partial charge in [0.25, 0.3) is 0 Å². The molecule has 214 valence electrons. The van der Waals surface area contributed by atoms with Crippen molar-refractivity contribution in [2.24, 2.45) is 0 Å². The zero-order valence-corrected chi connectivity index (χ0v) is 25.1. The lowest BCUT2D eigenvalue weighted by atomic mass is 9.79. The Balaban J connectivity index is 1.53. The van der Waals surface area contributed by atoms with Crippen molar-refractivity contribution in [2.45, 2.75) is 23.7 Å². The molecule has 5 aromatic carbocycles. The molecule has 0 aliphatic carbocycles. The fraction of sp³-hybridized carbons (Fsp3) is 0.125. The monoisotopic (exact) mass is 590 g/mol. The highest BCUT2D eigenvalue weighted by molar-refractivity contribution is 7.79. The van der Waals surface area contributed by atoms with Crippen molar-refractivity contribution in [3.05, 3.63) is 179 Å². The maximum Gasteiger partial charge on any atom is 0.355 e. The van der Waals surface area contributed by atoms with Crippen LogP contribution in [0.15, 0.2) is 152 Å². The smallest absolute Gasteiger partial charge is 0.355 e. The van der Waals surface area contributed by atoms with Crippen molar-refractivity contribution in [1.82, 2.24) is 0 Å². The minimum absolute atomic E-state index is 0.00831. The van der Waals surface area contributed by atoms with Crippen LogP contribution in [-0.4, -0.2) is 23.0 Å². The van der Waals surface area contributed by atoms with Gasteiger partial charge in [0.15, 0.2) is 0 Å². The lowest BCUT2D eigenvalue weighted by Crippen LogP contribution is -2.53. The molecule has 0 saturated carbocycles. The summed E-state index contributed by atoms with van der Waals surface area (Å²) in [5.41, 5.74) is 0.918. The van der Waals surface area contributed by atoms with E-state index in [1.54, 1.807) is 0 Å². The molecule has 0 bridgehead atoms. The van der Waals surface area contributed by atoms with E-state index in [2.05, 4.69) is 60.1 Å². The van der Waals surface area contributed by atoms with Gasteiger partial charge in [0.1, 0.15) is 12.2 Å². The van der Waals surface area contributed by atoms with E-state index in [1.165, 1.54) is 0 Å². The lowest BCUT2D eigenvalue weighted by molar-refractivity contribution is -0.0770. The highest BCUT2D eigenvalue weighted by Crippen LogP contribution is 2.44. The maximum atomic E-state index is 7.22. The largest absolute Gasteiger partial charge is 0.432 e. The van der Waals surface area contributed by atoms with Gasteiger partial charge >= 0.3 is 5.24 Å². The summed E-state index contributed by atoms with van der Waals surface area (Å²) in [4.78, 5) is 0. The third-order valence-corrected chi connectivity index (χ3v) is 7.92. The Labute approximate surface area is 264 Å². The van der Waals surface area contributed by atoms with Crippen LogP contribution in [0.25, 0.3) is 0 Å². The van der Waals surface area contributed by atoms with E-state index in [0.29, 0.717) is 0 Å². The standard InChI is InChI=1S/C40H30O3S/c1-38(29-27-32-17-7-2-8-18-32)39(43-37(44)42-38,30-28-33-19-9-3-10-20-33)31-41-40(34-21-11-4-12-22-34,35-23-13-5-14-24-35)36-25-15-6-16-26-36/h2-26H,31H2,1H3. The molecule has 3 nitrogen and oxygen atoms in total. The summed E-state index contributed by atoms with van der Waals surface area (Å²) in [5, 5.41) is -0.0226. The number of hydrogen-bond acceptors (Lipinski definition) is 4. The molecule has 2 atom stereocenters. The SMILES string of the molecule is CC1(C#Cc2ccccc2)OC(=S)OC1(C#Cc1ccccc1)COC(c1ccccc1)(c1ccccc1)c1ccccc1. The second kappa shape index (κ2) is 12.6. The molecule has 1 aliphatic heterocycles. The van der Waals surface area contributed by atoms with Gasteiger partial charge in [-0.15, -0.1) is 0 Å². The maximum absolute atomic E-state index is 7.22. The highest BCUT2D eigenvalue weighted by Gasteiger charge is 2.60. The van der Waals surface area contributed by atoms with E-state index in [1.807, 2.05) is 122 Å². The first-order chi connectivity index (χ1) is 21.5. The van der Waals surface area contributed by atoms with Gasteiger partial charge < -0.3 is 14.2 Å². The number of benzene rings is 5. The molecule has 5 aromatic rings. The molecule has 1 saturated heterocycles. The fourth-order valence-electron chi connectivity index (χ4n) is 5.37. The van der Waals surface area contributed by atoms with E-state index < -0.39 is 16.8 Å². The van der Waals surface area contributed by atoms with E-state index in [-0.39, 0.29) is 11.8 Å². The zero-order chi connectivity index (χ0) is 30.3. The van der Waals surface area contributed by atoms with Gasteiger partial charge in [-0.1, -0.05) is 139 Å². The van der Waals surface area contributed by atoms with Gasteiger partial charge in [-0.3, -0.25) is 0 Å². The summed E-state index contributed by atoms with van der Waals surface area (Å²) in [6.45, 7) is 1.85. The van der Waals surface area contributed by atoms with Crippen LogP contribution in [-0.2, 0) is 19.8 Å². The van der Waals surface area contributed by atoms with Gasteiger partial charge in [0.05, 0.1) is 0 Å². The molecule has 0 radical (unpaired) electrons. The van der Waals surface area contributed by atoms with Crippen LogP contribution in [0.3, 0.4) is 0 Å². The Morgan fingerprint density at radius 3 is 1.39 bits per heavy atom. The summed E-state index contributed by atoms with van der Waals surface area (Å²) >= 11 is 5.53. The zero-order valence-electron chi connectivity index (χ0n) is 24.3. The third-order valence-electron chi connectivity index (χ3n) is 7.75. The molecular weight excluding hydrogens is 561 g/mol. The third kappa shape index (κ3) is 5.75. The molecule has 6 rings (SSSR count). The van der Waals surface area contributed by atoms with Gasteiger partial charge in [0, 0.05) is 23.3 Å². The Morgan fingerprint density at radius 2 is 0.955 bits per heavy atom. The molecule has 44 heavy (non-hydrogen) atoms. The molecule has 4 heteroatoms. The van der Waals surface area contributed by atoms with Crippen LogP contribution in [0.4, 0.5) is 0 Å². The van der Waals surface area contributed by atoms with Gasteiger partial charge in [-0.2, -0.15) is 0 Å². The van der Waals surface area contributed by atoms with Gasteiger partial charge in [0.2, 0.25) is 11.2 Å². The van der Waals surface area contributed by atoms with Crippen LogP contribution in [0, 0.1) is 23.7 Å². The average molecular weight is 591 g/mol. The van der Waals surface area contributed by atoms with Gasteiger partial charge in [-0.05, 0) is 59.7 Å². The summed E-state index contributed by atoms with van der Waals surface area (Å²) < 4.78 is 19.8. The Morgan fingerprint density at radius 1 is 0.568 bits per heavy atom. The quantitative estimate of drug-likeness (QED) is 0.114. The first kappa shape index (κ1) is 29.0. The van der Waals surface area contributed by atoms with E-state index in [9.17, 15) is 0 Å². The van der Waals surface area contributed by atoms with Crippen LogP contribution in [0.1, 0.15) is 34.7 Å². The van der Waals surface area contributed by atoms with Crippen molar-refractivity contribution < 1.29 is 14.2 Å². The van der Waals surface area contributed by atoms with Crippen LogP contribution in [0.2, 0.25) is 0 Å². The first-order valence-electron chi connectivity index (χ1n) is 14.4. The molecule has 2 unspecified atom stereocenters. The predicted molar refractivity (Wildman–Crippen MR) is 178 cm³/mol. The van der Waals surface area contributed by atoms with Crippen molar-refractivity contribution in [3.63, 3.8) is 0 Å². The molecule has 1 heterocycles. The molecule has 0 N–H and O–H groups in total. The van der Waals surface area contributed by atoms with Crippen molar-refractivity contribution >= 4 is 17.5 Å². The Hall–Kier alpha value is -5.13. The van der Waals surface area contributed by atoms with Crippen molar-refractivity contribution in [1.29, 1.82) is 0 Å². The van der Waals surface area contributed by atoms with E-state index in [0.717, 1.165) is 27.8 Å².